The Kier molecular flexibility index (Phi) is 6.58. The predicted octanol–water partition coefficient (Wildman–Crippen LogP) is 3.35. The molecule has 0 unspecified atom stereocenters. The minimum absolute atomic E-state index is 0.00172. The van der Waals surface area contributed by atoms with Crippen LogP contribution in [0, 0.1) is 13.8 Å². The number of carbonyl (C=O) groups excluding carboxylic acids is 1. The molecule has 0 aliphatic carbocycles. The summed E-state index contributed by atoms with van der Waals surface area (Å²) in [6.07, 6.45) is 1.55. The van der Waals surface area contributed by atoms with E-state index in [1.807, 2.05) is 11.3 Å². The number of aryl methyl sites for hydroxylation is 2. The zero-order valence-electron chi connectivity index (χ0n) is 18.3. The summed E-state index contributed by atoms with van der Waals surface area (Å²) in [7, 11) is 2.10. The van der Waals surface area contributed by atoms with Crippen LogP contribution in [0.15, 0.2) is 35.7 Å². The number of hydrogen-bond acceptors (Lipinski definition) is 5. The Balaban J connectivity index is 1.32. The lowest BCUT2D eigenvalue weighted by atomic mass is 9.88. The van der Waals surface area contributed by atoms with Crippen LogP contribution in [0.4, 0.5) is 0 Å². The van der Waals surface area contributed by atoms with Crippen LogP contribution in [0.5, 0.6) is 0 Å². The maximum Gasteiger partial charge on any atom is 0.250 e. The molecule has 1 aromatic carbocycles. The average molecular weight is 428 g/mol. The summed E-state index contributed by atoms with van der Waals surface area (Å²) in [5, 5.41) is 5.25. The molecule has 0 saturated carbocycles. The largest absolute Gasteiger partial charge is 0.359 e. The molecule has 0 bridgehead atoms. The zero-order valence-corrected chi connectivity index (χ0v) is 19.1. The summed E-state index contributed by atoms with van der Waals surface area (Å²) in [5.41, 5.74) is 3.52. The number of likely N-dealkylation sites (N-methyl/N-ethyl adjacent to an activating group) is 1. The Morgan fingerprint density at radius 3 is 2.60 bits per heavy atom. The molecule has 2 aromatic rings. The molecule has 2 aliphatic heterocycles. The van der Waals surface area contributed by atoms with E-state index < -0.39 is 6.10 Å². The van der Waals surface area contributed by atoms with E-state index in [2.05, 4.69) is 71.7 Å². The third-order valence-corrected chi connectivity index (χ3v) is 7.42. The fraction of sp³-hybridized carbons (Fsp3) is 0.542. The highest BCUT2D eigenvalue weighted by atomic mass is 32.1. The molecule has 4 rings (SSSR count). The van der Waals surface area contributed by atoms with E-state index in [4.69, 9.17) is 4.74 Å². The van der Waals surface area contributed by atoms with Crippen LogP contribution in [0.2, 0.25) is 0 Å². The van der Waals surface area contributed by atoms with Gasteiger partial charge in [0.2, 0.25) is 0 Å². The fourth-order valence-corrected chi connectivity index (χ4v) is 5.47. The number of likely N-dealkylation sites (tertiary alicyclic amines) is 1. The van der Waals surface area contributed by atoms with Crippen molar-refractivity contribution in [1.29, 1.82) is 0 Å². The van der Waals surface area contributed by atoms with Crippen LogP contribution in [0.25, 0.3) is 0 Å². The van der Waals surface area contributed by atoms with Crippen LogP contribution < -0.4 is 5.32 Å². The minimum Gasteiger partial charge on any atom is -0.359 e. The smallest absolute Gasteiger partial charge is 0.250 e. The number of rotatable bonds is 5. The van der Waals surface area contributed by atoms with Gasteiger partial charge in [0, 0.05) is 44.1 Å². The van der Waals surface area contributed by atoms with E-state index in [0.29, 0.717) is 13.1 Å². The van der Waals surface area contributed by atoms with Crippen LogP contribution in [-0.4, -0.2) is 60.6 Å². The third-order valence-electron chi connectivity index (χ3n) is 6.41. The first kappa shape index (κ1) is 21.5. The number of nitrogens with zero attached hydrogens (tertiary/aromatic N) is 2. The van der Waals surface area contributed by atoms with Gasteiger partial charge in [0.05, 0.1) is 5.60 Å². The molecule has 30 heavy (non-hydrogen) atoms. The van der Waals surface area contributed by atoms with Gasteiger partial charge in [0.15, 0.2) is 0 Å². The molecule has 162 valence electrons. The molecule has 0 radical (unpaired) electrons. The van der Waals surface area contributed by atoms with E-state index in [9.17, 15) is 4.79 Å². The van der Waals surface area contributed by atoms with E-state index in [1.165, 1.54) is 16.0 Å². The van der Waals surface area contributed by atoms with Crippen molar-refractivity contribution in [3.8, 4) is 0 Å². The summed E-state index contributed by atoms with van der Waals surface area (Å²) in [6, 6.07) is 10.5. The summed E-state index contributed by atoms with van der Waals surface area (Å²) in [5.74, 6) is -0.00172. The second-order valence-corrected chi connectivity index (χ2v) is 9.99. The summed E-state index contributed by atoms with van der Waals surface area (Å²) in [4.78, 5) is 19.1. The number of thiophene rings is 1. The second-order valence-electron chi connectivity index (χ2n) is 8.99. The molecule has 2 saturated heterocycles. The van der Waals surface area contributed by atoms with Crippen molar-refractivity contribution >= 4 is 17.2 Å². The number of carbonyl (C=O) groups is 1. The summed E-state index contributed by atoms with van der Waals surface area (Å²) >= 11 is 1.85. The van der Waals surface area contributed by atoms with Crippen molar-refractivity contribution in [3.63, 3.8) is 0 Å². The highest BCUT2D eigenvalue weighted by Gasteiger charge is 2.44. The third kappa shape index (κ3) is 5.11. The topological polar surface area (TPSA) is 44.8 Å². The van der Waals surface area contributed by atoms with E-state index in [1.54, 1.807) is 0 Å². The zero-order chi connectivity index (χ0) is 21.1. The maximum absolute atomic E-state index is 12.9. The lowest BCUT2D eigenvalue weighted by Gasteiger charge is -2.48. The van der Waals surface area contributed by atoms with Crippen molar-refractivity contribution in [1.82, 2.24) is 15.1 Å². The SMILES string of the molecule is Cc1ccc(CNC(=O)[C@@H]2CN(C)CC3(CCN(Cc4sccc4C)CC3)O2)cc1. The average Bonchev–Trinajstić information content (AvgIpc) is 3.13. The predicted molar refractivity (Wildman–Crippen MR) is 122 cm³/mol. The Bertz CT molecular complexity index is 856. The molecule has 1 spiro atoms. The number of morpholine rings is 1. The first-order valence-electron chi connectivity index (χ1n) is 10.9. The Morgan fingerprint density at radius 1 is 1.20 bits per heavy atom. The quantitative estimate of drug-likeness (QED) is 0.795. The first-order chi connectivity index (χ1) is 14.4. The van der Waals surface area contributed by atoms with E-state index in [-0.39, 0.29) is 11.5 Å². The van der Waals surface area contributed by atoms with Gasteiger partial charge in [-0.15, -0.1) is 11.3 Å². The van der Waals surface area contributed by atoms with Gasteiger partial charge in [-0.05, 0) is 56.3 Å². The molecule has 5 nitrogen and oxygen atoms in total. The molecule has 1 amide bonds. The Labute approximate surface area is 184 Å². The van der Waals surface area contributed by atoms with Crippen LogP contribution in [0.1, 0.15) is 34.4 Å². The molecule has 2 fully saturated rings. The van der Waals surface area contributed by atoms with E-state index in [0.717, 1.165) is 44.6 Å². The number of piperidine rings is 1. The van der Waals surface area contributed by atoms with Gasteiger partial charge in [-0.3, -0.25) is 9.69 Å². The monoisotopic (exact) mass is 427 g/mol. The van der Waals surface area contributed by atoms with Gasteiger partial charge in [-0.2, -0.15) is 0 Å². The highest BCUT2D eigenvalue weighted by molar-refractivity contribution is 7.10. The molecular formula is C24H33N3O2S. The summed E-state index contributed by atoms with van der Waals surface area (Å²) in [6.45, 7) is 9.42. The van der Waals surface area contributed by atoms with Gasteiger partial charge in [0.1, 0.15) is 6.10 Å². The fourth-order valence-electron chi connectivity index (χ4n) is 4.53. The number of nitrogens with one attached hydrogen (secondary N) is 1. The number of ether oxygens (including phenoxy) is 1. The van der Waals surface area contributed by atoms with Gasteiger partial charge in [-0.1, -0.05) is 29.8 Å². The molecule has 1 N–H and O–H groups in total. The lowest BCUT2D eigenvalue weighted by molar-refractivity contribution is -0.182. The lowest BCUT2D eigenvalue weighted by Crippen LogP contribution is -2.61. The van der Waals surface area contributed by atoms with Crippen molar-refractivity contribution in [2.75, 3.05) is 33.2 Å². The maximum atomic E-state index is 12.9. The molecule has 3 heterocycles. The van der Waals surface area contributed by atoms with Gasteiger partial charge < -0.3 is 15.0 Å². The molecule has 1 aromatic heterocycles. The van der Waals surface area contributed by atoms with Crippen LogP contribution >= 0.6 is 11.3 Å². The van der Waals surface area contributed by atoms with Crippen molar-refractivity contribution < 1.29 is 9.53 Å². The standard InChI is InChI=1S/C24H33N3O2S/c1-18-4-6-20(7-5-18)14-25-23(28)21-15-26(3)17-24(29-21)9-11-27(12-10-24)16-22-19(2)8-13-30-22/h4-8,13,21H,9-12,14-17H2,1-3H3,(H,25,28)/t21-/m0/s1. The molecule has 1 atom stereocenters. The second kappa shape index (κ2) is 9.18. The summed E-state index contributed by atoms with van der Waals surface area (Å²) < 4.78 is 6.48. The number of amides is 1. The Hall–Kier alpha value is -1.73. The molecule has 6 heteroatoms. The van der Waals surface area contributed by atoms with Crippen molar-refractivity contribution in [2.45, 2.75) is 51.5 Å². The van der Waals surface area contributed by atoms with Crippen LogP contribution in [-0.2, 0) is 22.6 Å². The first-order valence-corrected chi connectivity index (χ1v) is 11.8. The normalized spacial score (nSPS) is 22.3. The van der Waals surface area contributed by atoms with Crippen LogP contribution in [0.3, 0.4) is 0 Å². The van der Waals surface area contributed by atoms with Gasteiger partial charge in [-0.25, -0.2) is 0 Å². The van der Waals surface area contributed by atoms with Gasteiger partial charge in [0.25, 0.3) is 5.91 Å². The Morgan fingerprint density at radius 2 is 1.93 bits per heavy atom. The molecular weight excluding hydrogens is 394 g/mol. The van der Waals surface area contributed by atoms with Gasteiger partial charge >= 0.3 is 0 Å². The number of hydrogen-bond donors (Lipinski definition) is 1. The molecule has 2 aliphatic rings. The van der Waals surface area contributed by atoms with Crippen molar-refractivity contribution in [3.05, 3.63) is 57.3 Å². The number of benzene rings is 1. The van der Waals surface area contributed by atoms with E-state index >= 15 is 0 Å². The minimum atomic E-state index is -0.403. The van der Waals surface area contributed by atoms with Crippen molar-refractivity contribution in [2.24, 2.45) is 0 Å². The highest BCUT2D eigenvalue weighted by Crippen LogP contribution is 2.33.